The number of hydrogen-bond acceptors (Lipinski definition) is 3. The highest BCUT2D eigenvalue weighted by Crippen LogP contribution is 2.42. The topological polar surface area (TPSA) is 38.8 Å². The lowest BCUT2D eigenvalue weighted by Crippen LogP contribution is -2.51. The number of hydrogen-bond donors (Lipinski definition) is 0. The van der Waals surface area contributed by atoms with Gasteiger partial charge in [-0.25, -0.2) is 4.79 Å². The van der Waals surface area contributed by atoms with Gasteiger partial charge >= 0.3 is 6.09 Å². The number of rotatable bonds is 0. The van der Waals surface area contributed by atoms with Crippen molar-refractivity contribution in [2.24, 2.45) is 0 Å². The molecule has 0 aliphatic carbocycles. The molecular formula is C9H15NO3. The van der Waals surface area contributed by atoms with E-state index in [0.717, 1.165) is 0 Å². The average molecular weight is 185 g/mol. The van der Waals surface area contributed by atoms with E-state index in [1.54, 1.807) is 4.90 Å². The molecule has 4 nitrogen and oxygen atoms in total. The molecule has 1 amide bonds. The fourth-order valence-corrected chi connectivity index (χ4v) is 2.13. The Hall–Kier alpha value is -0.770. The maximum absolute atomic E-state index is 11.5. The highest BCUT2D eigenvalue weighted by atomic mass is 16.6. The Morgan fingerprint density at radius 3 is 2.62 bits per heavy atom. The summed E-state index contributed by atoms with van der Waals surface area (Å²) in [6.07, 6.45) is -0.362. The van der Waals surface area contributed by atoms with Gasteiger partial charge in [-0.05, 0) is 27.7 Å². The molecule has 0 aromatic heterocycles. The van der Waals surface area contributed by atoms with Gasteiger partial charge in [0.25, 0.3) is 0 Å². The van der Waals surface area contributed by atoms with Gasteiger partial charge in [-0.2, -0.15) is 0 Å². The van der Waals surface area contributed by atoms with Gasteiger partial charge in [0.15, 0.2) is 0 Å². The van der Waals surface area contributed by atoms with Gasteiger partial charge in [0, 0.05) is 0 Å². The SMILES string of the molecule is C[C@@H]1OC(=O)N2C(C)(C)OC[C@@]12C. The van der Waals surface area contributed by atoms with Crippen molar-refractivity contribution >= 4 is 6.09 Å². The molecule has 2 aliphatic heterocycles. The molecule has 0 spiro atoms. The van der Waals surface area contributed by atoms with E-state index in [-0.39, 0.29) is 17.7 Å². The first-order valence-corrected chi connectivity index (χ1v) is 4.53. The predicted molar refractivity (Wildman–Crippen MR) is 46.2 cm³/mol. The molecule has 0 saturated carbocycles. The molecule has 2 heterocycles. The number of carbonyl (C=O) groups is 1. The molecule has 0 aromatic rings. The summed E-state index contributed by atoms with van der Waals surface area (Å²) in [7, 11) is 0. The lowest BCUT2D eigenvalue weighted by atomic mass is 9.96. The van der Waals surface area contributed by atoms with Crippen LogP contribution in [0, 0.1) is 0 Å². The predicted octanol–water partition coefficient (Wildman–Crippen LogP) is 1.35. The summed E-state index contributed by atoms with van der Waals surface area (Å²) in [5.74, 6) is 0. The number of nitrogens with zero attached hydrogens (tertiary/aromatic N) is 1. The molecule has 0 bridgehead atoms. The molecule has 2 atom stereocenters. The van der Waals surface area contributed by atoms with Crippen molar-refractivity contribution in [1.82, 2.24) is 4.90 Å². The standard InChI is InChI=1S/C9H15NO3/c1-6-9(4)5-12-8(2,3)10(9)7(11)13-6/h6H,5H2,1-4H3/t6-,9-/m0/s1. The Bertz CT molecular complexity index is 264. The molecule has 13 heavy (non-hydrogen) atoms. The average Bonchev–Trinajstić information content (AvgIpc) is 2.34. The second-order valence-corrected chi connectivity index (χ2v) is 4.45. The van der Waals surface area contributed by atoms with Crippen molar-refractivity contribution in [3.8, 4) is 0 Å². The fraction of sp³-hybridized carbons (Fsp3) is 0.889. The van der Waals surface area contributed by atoms with Gasteiger partial charge in [-0.15, -0.1) is 0 Å². The second kappa shape index (κ2) is 2.18. The number of fused-ring (bicyclic) bond motifs is 1. The molecule has 2 saturated heterocycles. The van der Waals surface area contributed by atoms with Crippen LogP contribution in [0.1, 0.15) is 27.7 Å². The Labute approximate surface area is 77.8 Å². The first-order chi connectivity index (χ1) is 5.88. The van der Waals surface area contributed by atoms with E-state index in [0.29, 0.717) is 6.61 Å². The van der Waals surface area contributed by atoms with Crippen LogP contribution in [0.15, 0.2) is 0 Å². The molecule has 2 aliphatic rings. The summed E-state index contributed by atoms with van der Waals surface area (Å²) in [6, 6.07) is 0. The van der Waals surface area contributed by atoms with Crippen LogP contribution >= 0.6 is 0 Å². The minimum atomic E-state index is -0.531. The van der Waals surface area contributed by atoms with E-state index in [1.807, 2.05) is 27.7 Å². The maximum atomic E-state index is 11.5. The van der Waals surface area contributed by atoms with Crippen molar-refractivity contribution in [2.45, 2.75) is 45.1 Å². The third-order valence-electron chi connectivity index (χ3n) is 3.10. The smallest absolute Gasteiger partial charge is 0.413 e. The van der Waals surface area contributed by atoms with Crippen LogP contribution in [0.2, 0.25) is 0 Å². The third-order valence-corrected chi connectivity index (χ3v) is 3.10. The van der Waals surface area contributed by atoms with Crippen molar-refractivity contribution in [2.75, 3.05) is 6.61 Å². The molecule has 0 N–H and O–H groups in total. The van der Waals surface area contributed by atoms with E-state index in [1.165, 1.54) is 0 Å². The number of amides is 1. The van der Waals surface area contributed by atoms with Crippen LogP contribution in [-0.2, 0) is 9.47 Å². The molecule has 2 rings (SSSR count). The van der Waals surface area contributed by atoms with Gasteiger partial charge in [0.05, 0.1) is 6.61 Å². The van der Waals surface area contributed by atoms with Crippen molar-refractivity contribution in [3.63, 3.8) is 0 Å². The van der Waals surface area contributed by atoms with Gasteiger partial charge in [0.1, 0.15) is 17.4 Å². The summed E-state index contributed by atoms with van der Waals surface area (Å²) < 4.78 is 10.8. The van der Waals surface area contributed by atoms with Crippen LogP contribution in [0.3, 0.4) is 0 Å². The maximum Gasteiger partial charge on any atom is 0.413 e. The van der Waals surface area contributed by atoms with Crippen molar-refractivity contribution in [3.05, 3.63) is 0 Å². The molecular weight excluding hydrogens is 170 g/mol. The van der Waals surface area contributed by atoms with Gasteiger partial charge in [0.2, 0.25) is 0 Å². The summed E-state index contributed by atoms with van der Waals surface area (Å²) in [5.41, 5.74) is -0.822. The third kappa shape index (κ3) is 0.921. The fourth-order valence-electron chi connectivity index (χ4n) is 2.13. The molecule has 74 valence electrons. The quantitative estimate of drug-likeness (QED) is 0.572. The molecule has 0 aromatic carbocycles. The lowest BCUT2D eigenvalue weighted by molar-refractivity contribution is -0.0388. The largest absolute Gasteiger partial charge is 0.444 e. The molecule has 0 radical (unpaired) electrons. The van der Waals surface area contributed by atoms with E-state index in [2.05, 4.69) is 0 Å². The second-order valence-electron chi connectivity index (χ2n) is 4.45. The Morgan fingerprint density at radius 1 is 1.46 bits per heavy atom. The van der Waals surface area contributed by atoms with Crippen LogP contribution in [0.5, 0.6) is 0 Å². The zero-order valence-corrected chi connectivity index (χ0v) is 8.46. The number of cyclic esters (lactones) is 1. The Kier molecular flexibility index (Phi) is 1.48. The van der Waals surface area contributed by atoms with Gasteiger partial charge < -0.3 is 9.47 Å². The van der Waals surface area contributed by atoms with E-state index < -0.39 is 5.72 Å². The van der Waals surface area contributed by atoms with Crippen LogP contribution < -0.4 is 0 Å². The first kappa shape index (κ1) is 8.81. The van der Waals surface area contributed by atoms with Crippen LogP contribution in [0.4, 0.5) is 4.79 Å². The van der Waals surface area contributed by atoms with Crippen LogP contribution in [0.25, 0.3) is 0 Å². The Balaban J connectivity index is 2.41. The van der Waals surface area contributed by atoms with E-state index in [4.69, 9.17) is 9.47 Å². The summed E-state index contributed by atoms with van der Waals surface area (Å²) in [6.45, 7) is 8.22. The molecule has 4 heteroatoms. The van der Waals surface area contributed by atoms with E-state index >= 15 is 0 Å². The highest BCUT2D eigenvalue weighted by Gasteiger charge is 2.60. The van der Waals surface area contributed by atoms with Crippen molar-refractivity contribution < 1.29 is 14.3 Å². The first-order valence-electron chi connectivity index (χ1n) is 4.53. The lowest BCUT2D eigenvalue weighted by Gasteiger charge is -2.31. The Morgan fingerprint density at radius 2 is 2.08 bits per heavy atom. The number of ether oxygens (including phenoxy) is 2. The highest BCUT2D eigenvalue weighted by molar-refractivity contribution is 5.73. The van der Waals surface area contributed by atoms with Crippen molar-refractivity contribution in [1.29, 1.82) is 0 Å². The van der Waals surface area contributed by atoms with Crippen LogP contribution in [-0.4, -0.2) is 35.0 Å². The van der Waals surface area contributed by atoms with Gasteiger partial charge in [-0.1, -0.05) is 0 Å². The minimum Gasteiger partial charge on any atom is -0.444 e. The minimum absolute atomic E-state index is 0.0956. The number of carbonyl (C=O) groups excluding carboxylic acids is 1. The summed E-state index contributed by atoms with van der Waals surface area (Å²) >= 11 is 0. The molecule has 0 unspecified atom stereocenters. The normalized spacial score (nSPS) is 42.0. The molecule has 2 fully saturated rings. The monoisotopic (exact) mass is 185 g/mol. The summed E-state index contributed by atoms with van der Waals surface area (Å²) in [5, 5.41) is 0. The zero-order valence-electron chi connectivity index (χ0n) is 8.46. The van der Waals surface area contributed by atoms with E-state index in [9.17, 15) is 4.79 Å². The summed E-state index contributed by atoms with van der Waals surface area (Å²) in [4.78, 5) is 13.2. The zero-order chi connectivity index (χ0) is 9.85. The van der Waals surface area contributed by atoms with Gasteiger partial charge in [-0.3, -0.25) is 4.90 Å².